The fraction of sp³-hybridized carbons (Fsp3) is 0.600. The Morgan fingerprint density at radius 2 is 2.32 bits per heavy atom. The Labute approximate surface area is 112 Å². The van der Waals surface area contributed by atoms with Gasteiger partial charge in [-0.2, -0.15) is 0 Å². The molecule has 3 N–H and O–H groups in total. The van der Waals surface area contributed by atoms with Gasteiger partial charge in [0.25, 0.3) is 0 Å². The van der Waals surface area contributed by atoms with Crippen molar-refractivity contribution >= 4 is 0 Å². The summed E-state index contributed by atoms with van der Waals surface area (Å²) in [6, 6.07) is 6.15. The lowest BCUT2D eigenvalue weighted by Gasteiger charge is -2.46. The van der Waals surface area contributed by atoms with Gasteiger partial charge in [0.05, 0.1) is 17.8 Å². The molecule has 3 nitrogen and oxygen atoms in total. The molecule has 0 aromatic heterocycles. The molecule has 1 aromatic rings. The molecule has 4 atom stereocenters. The molecular weight excluding hydrogens is 245 g/mol. The van der Waals surface area contributed by atoms with E-state index in [1.165, 1.54) is 12.1 Å². The second-order valence-electron chi connectivity index (χ2n) is 5.97. The Hall–Kier alpha value is -0.970. The molecule has 3 rings (SSSR count). The maximum absolute atomic E-state index is 13.4. The molecule has 2 saturated heterocycles. The number of fused-ring (bicyclic) bond motifs is 2. The molecule has 2 bridgehead atoms. The van der Waals surface area contributed by atoms with Gasteiger partial charge in [0.15, 0.2) is 0 Å². The van der Waals surface area contributed by atoms with Crippen LogP contribution in [-0.2, 0) is 10.3 Å². The van der Waals surface area contributed by atoms with E-state index in [4.69, 9.17) is 10.5 Å². The van der Waals surface area contributed by atoms with Gasteiger partial charge in [-0.05, 0) is 43.9 Å². The molecule has 0 amide bonds. The summed E-state index contributed by atoms with van der Waals surface area (Å²) in [4.78, 5) is 0. The molecule has 104 valence electrons. The van der Waals surface area contributed by atoms with E-state index in [-0.39, 0.29) is 18.0 Å². The molecule has 4 heteroatoms. The van der Waals surface area contributed by atoms with E-state index in [9.17, 15) is 9.50 Å². The van der Waals surface area contributed by atoms with Crippen LogP contribution in [0.5, 0.6) is 0 Å². The number of hydrogen-bond donors (Lipinski definition) is 2. The van der Waals surface area contributed by atoms with Gasteiger partial charge in [0.1, 0.15) is 5.82 Å². The van der Waals surface area contributed by atoms with Crippen molar-refractivity contribution in [1.82, 2.24) is 0 Å². The summed E-state index contributed by atoms with van der Waals surface area (Å²) in [6.45, 7) is 2.08. The summed E-state index contributed by atoms with van der Waals surface area (Å²) in [5, 5.41) is 11.1. The molecule has 4 unspecified atom stereocenters. The molecule has 0 spiro atoms. The number of nitrogens with two attached hydrogens (primary N) is 1. The Bertz CT molecular complexity index is 491. The molecule has 2 fully saturated rings. The summed E-state index contributed by atoms with van der Waals surface area (Å²) in [7, 11) is 0. The van der Waals surface area contributed by atoms with Crippen LogP contribution in [0.2, 0.25) is 0 Å². The van der Waals surface area contributed by atoms with Crippen LogP contribution in [0.25, 0.3) is 0 Å². The largest absolute Gasteiger partial charge is 0.385 e. The highest BCUT2D eigenvalue weighted by Gasteiger charge is 2.60. The van der Waals surface area contributed by atoms with Gasteiger partial charge in [-0.25, -0.2) is 4.39 Å². The lowest BCUT2D eigenvalue weighted by Crippen LogP contribution is -2.54. The minimum Gasteiger partial charge on any atom is -0.385 e. The Balaban J connectivity index is 2.03. The maximum Gasteiger partial charge on any atom is 0.123 e. The van der Waals surface area contributed by atoms with Gasteiger partial charge in [-0.1, -0.05) is 12.1 Å². The SMILES string of the molecule is CC(O)(c1cccc(F)c1)C1(CN)CC2CCC1O2. The van der Waals surface area contributed by atoms with Crippen molar-refractivity contribution in [3.05, 3.63) is 35.6 Å². The van der Waals surface area contributed by atoms with Crippen molar-refractivity contribution in [3.63, 3.8) is 0 Å². The van der Waals surface area contributed by atoms with Crippen LogP contribution in [0.15, 0.2) is 24.3 Å². The molecule has 2 heterocycles. The van der Waals surface area contributed by atoms with Crippen molar-refractivity contribution in [1.29, 1.82) is 0 Å². The standard InChI is InChI=1S/C15H20FNO2/c1-14(18,10-3-2-4-11(16)7-10)15(9-17)8-12-5-6-13(15)19-12/h2-4,7,12-13,18H,5-6,8-9,17H2,1H3. The third-order valence-electron chi connectivity index (χ3n) is 5.04. The van der Waals surface area contributed by atoms with Crippen LogP contribution in [0.1, 0.15) is 31.7 Å². The normalized spacial score (nSPS) is 36.4. The number of benzene rings is 1. The lowest BCUT2D eigenvalue weighted by molar-refractivity contribution is -0.105. The number of hydrogen-bond acceptors (Lipinski definition) is 3. The first kappa shape index (κ1) is 13.0. The summed E-state index contributed by atoms with van der Waals surface area (Å²) in [5.41, 5.74) is 4.87. The van der Waals surface area contributed by atoms with Gasteiger partial charge < -0.3 is 15.6 Å². The third kappa shape index (κ3) is 1.74. The van der Waals surface area contributed by atoms with Crippen molar-refractivity contribution in [2.24, 2.45) is 11.1 Å². The van der Waals surface area contributed by atoms with Crippen LogP contribution in [-0.4, -0.2) is 23.9 Å². The van der Waals surface area contributed by atoms with Crippen LogP contribution < -0.4 is 5.73 Å². The monoisotopic (exact) mass is 265 g/mol. The fourth-order valence-corrected chi connectivity index (χ4v) is 3.80. The van der Waals surface area contributed by atoms with E-state index in [2.05, 4.69) is 0 Å². The van der Waals surface area contributed by atoms with Crippen LogP contribution in [0, 0.1) is 11.2 Å². The average Bonchev–Trinajstić information content (AvgIpc) is 2.99. The Morgan fingerprint density at radius 1 is 1.53 bits per heavy atom. The van der Waals surface area contributed by atoms with Gasteiger partial charge in [-0.15, -0.1) is 0 Å². The first-order valence-electron chi connectivity index (χ1n) is 6.83. The molecule has 2 aliphatic rings. The number of rotatable bonds is 3. The van der Waals surface area contributed by atoms with Gasteiger partial charge >= 0.3 is 0 Å². The Morgan fingerprint density at radius 3 is 2.84 bits per heavy atom. The minimum absolute atomic E-state index is 0.0271. The molecule has 0 saturated carbocycles. The van der Waals surface area contributed by atoms with E-state index in [1.807, 2.05) is 0 Å². The van der Waals surface area contributed by atoms with E-state index in [0.29, 0.717) is 12.1 Å². The average molecular weight is 265 g/mol. The van der Waals surface area contributed by atoms with Crippen molar-refractivity contribution in [2.75, 3.05) is 6.54 Å². The summed E-state index contributed by atoms with van der Waals surface area (Å²) < 4.78 is 19.3. The molecule has 19 heavy (non-hydrogen) atoms. The highest BCUT2D eigenvalue weighted by Crippen LogP contribution is 2.56. The topological polar surface area (TPSA) is 55.5 Å². The molecular formula is C15H20FNO2. The van der Waals surface area contributed by atoms with Crippen LogP contribution >= 0.6 is 0 Å². The number of aliphatic hydroxyl groups is 1. The van der Waals surface area contributed by atoms with E-state index >= 15 is 0 Å². The molecule has 2 aliphatic heterocycles. The quantitative estimate of drug-likeness (QED) is 0.878. The summed E-state index contributed by atoms with van der Waals surface area (Å²) >= 11 is 0. The predicted molar refractivity (Wildman–Crippen MR) is 70.0 cm³/mol. The first-order valence-corrected chi connectivity index (χ1v) is 6.83. The number of halogens is 1. The molecule has 0 aliphatic carbocycles. The smallest absolute Gasteiger partial charge is 0.123 e. The minimum atomic E-state index is -1.18. The van der Waals surface area contributed by atoms with E-state index < -0.39 is 11.0 Å². The first-order chi connectivity index (χ1) is 8.99. The third-order valence-corrected chi connectivity index (χ3v) is 5.04. The highest BCUT2D eigenvalue weighted by atomic mass is 19.1. The zero-order valence-corrected chi connectivity index (χ0v) is 11.1. The lowest BCUT2D eigenvalue weighted by atomic mass is 9.61. The zero-order chi connectivity index (χ0) is 13.7. The van der Waals surface area contributed by atoms with Crippen molar-refractivity contribution in [2.45, 2.75) is 44.0 Å². The number of ether oxygens (including phenoxy) is 1. The summed E-state index contributed by atoms with van der Waals surface area (Å²) in [5.74, 6) is -0.339. The fourth-order valence-electron chi connectivity index (χ4n) is 3.80. The van der Waals surface area contributed by atoms with Gasteiger partial charge in [0.2, 0.25) is 0 Å². The molecule has 0 radical (unpaired) electrons. The van der Waals surface area contributed by atoms with E-state index in [0.717, 1.165) is 19.3 Å². The van der Waals surface area contributed by atoms with Gasteiger partial charge in [0, 0.05) is 12.0 Å². The maximum atomic E-state index is 13.4. The summed E-state index contributed by atoms with van der Waals surface area (Å²) in [6.07, 6.45) is 2.87. The predicted octanol–water partition coefficient (Wildman–Crippen LogP) is 1.93. The van der Waals surface area contributed by atoms with E-state index in [1.54, 1.807) is 19.1 Å². The van der Waals surface area contributed by atoms with Crippen molar-refractivity contribution in [3.8, 4) is 0 Å². The van der Waals surface area contributed by atoms with Crippen LogP contribution in [0.4, 0.5) is 4.39 Å². The highest BCUT2D eigenvalue weighted by molar-refractivity contribution is 5.28. The zero-order valence-electron chi connectivity index (χ0n) is 11.1. The Kier molecular flexibility index (Phi) is 2.93. The second kappa shape index (κ2) is 4.27. The second-order valence-corrected chi connectivity index (χ2v) is 5.97. The molecule has 1 aromatic carbocycles. The van der Waals surface area contributed by atoms with Crippen LogP contribution in [0.3, 0.4) is 0 Å². The van der Waals surface area contributed by atoms with Gasteiger partial charge in [-0.3, -0.25) is 0 Å². The van der Waals surface area contributed by atoms with Crippen molar-refractivity contribution < 1.29 is 14.2 Å².